The van der Waals surface area contributed by atoms with E-state index in [4.69, 9.17) is 11.6 Å². The number of amides is 2. The van der Waals surface area contributed by atoms with Crippen molar-refractivity contribution >= 4 is 35.1 Å². The van der Waals surface area contributed by atoms with Crippen LogP contribution in [-0.4, -0.2) is 11.8 Å². The van der Waals surface area contributed by atoms with Crippen LogP contribution in [-0.2, 0) is 9.59 Å². The highest BCUT2D eigenvalue weighted by Crippen LogP contribution is 2.21. The molecule has 2 aromatic rings. The van der Waals surface area contributed by atoms with Gasteiger partial charge >= 0.3 is 0 Å². The van der Waals surface area contributed by atoms with E-state index in [-0.39, 0.29) is 11.5 Å². The minimum Gasteiger partial charge on any atom is -0.288 e. The molecule has 1 N–H and O–H groups in total. The van der Waals surface area contributed by atoms with Gasteiger partial charge in [0.2, 0.25) is 0 Å². The summed E-state index contributed by atoms with van der Waals surface area (Å²) in [5.41, 5.74) is 1.80. The van der Waals surface area contributed by atoms with E-state index < -0.39 is 17.6 Å². The molecule has 0 saturated carbocycles. The van der Waals surface area contributed by atoms with Gasteiger partial charge in [-0.25, -0.2) is 4.39 Å². The average Bonchev–Trinajstić information content (AvgIpc) is 2.67. The van der Waals surface area contributed by atoms with Gasteiger partial charge in [-0.15, -0.1) is 0 Å². The van der Waals surface area contributed by atoms with E-state index in [2.05, 4.69) is 11.9 Å². The van der Waals surface area contributed by atoms with Crippen molar-refractivity contribution in [3.63, 3.8) is 0 Å². The van der Waals surface area contributed by atoms with Crippen molar-refractivity contribution in [2.45, 2.75) is 20.3 Å². The van der Waals surface area contributed by atoms with Gasteiger partial charge in [0.15, 0.2) is 0 Å². The SMILES string of the molecule is C=C(C(=O)NC(=O)/C(=C/c1ccc(Cl)cc1)c1ccc(F)cc1)C(C)CC. The molecule has 0 aliphatic heterocycles. The number of rotatable bonds is 6. The second-order valence-electron chi connectivity index (χ2n) is 6.23. The second-order valence-corrected chi connectivity index (χ2v) is 6.67. The average molecular weight is 386 g/mol. The molecule has 3 nitrogen and oxygen atoms in total. The number of nitrogens with one attached hydrogen (secondary N) is 1. The van der Waals surface area contributed by atoms with Crippen LogP contribution in [0.15, 0.2) is 60.7 Å². The lowest BCUT2D eigenvalue weighted by molar-refractivity contribution is -0.125. The van der Waals surface area contributed by atoms with Crippen LogP contribution in [0.3, 0.4) is 0 Å². The first kappa shape index (κ1) is 20.6. The smallest absolute Gasteiger partial charge is 0.258 e. The molecule has 0 fully saturated rings. The number of carbonyl (C=O) groups excluding carboxylic acids is 2. The Labute approximate surface area is 163 Å². The van der Waals surface area contributed by atoms with Crippen molar-refractivity contribution in [3.8, 4) is 0 Å². The van der Waals surface area contributed by atoms with Crippen LogP contribution in [0.2, 0.25) is 5.02 Å². The highest BCUT2D eigenvalue weighted by atomic mass is 35.5. The molecule has 0 spiro atoms. The lowest BCUT2D eigenvalue weighted by Gasteiger charge is -2.13. The molecule has 5 heteroatoms. The van der Waals surface area contributed by atoms with E-state index >= 15 is 0 Å². The molecule has 2 rings (SSSR count). The number of carbonyl (C=O) groups is 2. The number of hydrogen-bond acceptors (Lipinski definition) is 2. The van der Waals surface area contributed by atoms with Gasteiger partial charge in [0.1, 0.15) is 5.82 Å². The molecule has 2 aromatic carbocycles. The predicted octanol–water partition coefficient (Wildman–Crippen LogP) is 5.26. The molecular formula is C22H21ClFNO2. The van der Waals surface area contributed by atoms with Crippen LogP contribution >= 0.6 is 11.6 Å². The Morgan fingerprint density at radius 3 is 2.26 bits per heavy atom. The minimum absolute atomic E-state index is 0.0349. The predicted molar refractivity (Wildman–Crippen MR) is 107 cm³/mol. The molecule has 0 aliphatic rings. The summed E-state index contributed by atoms with van der Waals surface area (Å²) in [6, 6.07) is 12.4. The first-order valence-corrected chi connectivity index (χ1v) is 8.97. The van der Waals surface area contributed by atoms with Crippen molar-refractivity contribution in [1.82, 2.24) is 5.32 Å². The Balaban J connectivity index is 2.35. The molecule has 0 aliphatic carbocycles. The Morgan fingerprint density at radius 2 is 1.70 bits per heavy atom. The van der Waals surface area contributed by atoms with Gasteiger partial charge in [0, 0.05) is 16.2 Å². The number of hydrogen-bond donors (Lipinski definition) is 1. The van der Waals surface area contributed by atoms with E-state index in [1.165, 1.54) is 24.3 Å². The van der Waals surface area contributed by atoms with Crippen LogP contribution < -0.4 is 5.32 Å². The van der Waals surface area contributed by atoms with Crippen molar-refractivity contribution in [1.29, 1.82) is 0 Å². The van der Waals surface area contributed by atoms with Gasteiger partial charge in [-0.3, -0.25) is 14.9 Å². The molecule has 27 heavy (non-hydrogen) atoms. The van der Waals surface area contributed by atoms with E-state index in [9.17, 15) is 14.0 Å². The zero-order valence-corrected chi connectivity index (χ0v) is 16.0. The summed E-state index contributed by atoms with van der Waals surface area (Å²) in [4.78, 5) is 25.1. The summed E-state index contributed by atoms with van der Waals surface area (Å²) >= 11 is 5.90. The van der Waals surface area contributed by atoms with Crippen molar-refractivity contribution in [3.05, 3.63) is 82.6 Å². The van der Waals surface area contributed by atoms with Crippen LogP contribution in [0.4, 0.5) is 4.39 Å². The Morgan fingerprint density at radius 1 is 1.11 bits per heavy atom. The van der Waals surface area contributed by atoms with Crippen molar-refractivity contribution in [2.24, 2.45) is 5.92 Å². The van der Waals surface area contributed by atoms with Crippen LogP contribution in [0.5, 0.6) is 0 Å². The van der Waals surface area contributed by atoms with Gasteiger partial charge in [-0.05, 0) is 53.8 Å². The highest BCUT2D eigenvalue weighted by molar-refractivity contribution is 6.31. The Bertz CT molecular complexity index is 870. The summed E-state index contributed by atoms with van der Waals surface area (Å²) in [7, 11) is 0. The van der Waals surface area contributed by atoms with E-state index in [0.717, 1.165) is 12.0 Å². The fourth-order valence-corrected chi connectivity index (χ4v) is 2.48. The Hall–Kier alpha value is -2.72. The monoisotopic (exact) mass is 385 g/mol. The van der Waals surface area contributed by atoms with Crippen molar-refractivity contribution < 1.29 is 14.0 Å². The standard InChI is InChI=1S/C22H21ClFNO2/c1-4-14(2)15(3)21(26)25-22(27)20(17-7-11-19(24)12-8-17)13-16-5-9-18(23)10-6-16/h5-14H,3-4H2,1-2H3,(H,25,26,27)/b20-13+. The zero-order valence-electron chi connectivity index (χ0n) is 15.3. The molecule has 1 atom stereocenters. The summed E-state index contributed by atoms with van der Waals surface area (Å²) in [6.07, 6.45) is 2.37. The van der Waals surface area contributed by atoms with Crippen LogP contribution in [0, 0.1) is 11.7 Å². The summed E-state index contributed by atoms with van der Waals surface area (Å²) in [6.45, 7) is 7.58. The molecule has 140 valence electrons. The van der Waals surface area contributed by atoms with Crippen LogP contribution in [0.1, 0.15) is 31.4 Å². The lowest BCUT2D eigenvalue weighted by atomic mass is 9.98. The summed E-state index contributed by atoms with van der Waals surface area (Å²) < 4.78 is 13.3. The fourth-order valence-electron chi connectivity index (χ4n) is 2.36. The summed E-state index contributed by atoms with van der Waals surface area (Å²) in [5.74, 6) is -1.54. The maximum atomic E-state index is 13.3. The van der Waals surface area contributed by atoms with Gasteiger partial charge in [-0.1, -0.05) is 56.3 Å². The maximum Gasteiger partial charge on any atom is 0.258 e. The van der Waals surface area contributed by atoms with Gasteiger partial charge < -0.3 is 0 Å². The fraction of sp³-hybridized carbons (Fsp3) is 0.182. The first-order chi connectivity index (χ1) is 12.8. The van der Waals surface area contributed by atoms with E-state index in [1.54, 1.807) is 30.3 Å². The molecule has 0 aromatic heterocycles. The van der Waals surface area contributed by atoms with E-state index in [0.29, 0.717) is 16.2 Å². The second kappa shape index (κ2) is 9.28. The van der Waals surface area contributed by atoms with Gasteiger partial charge in [-0.2, -0.15) is 0 Å². The zero-order chi connectivity index (χ0) is 20.0. The lowest BCUT2D eigenvalue weighted by Crippen LogP contribution is -2.33. The normalized spacial score (nSPS) is 12.4. The Kier molecular flexibility index (Phi) is 7.08. The molecule has 0 bridgehead atoms. The number of benzene rings is 2. The molecule has 2 amide bonds. The molecule has 0 heterocycles. The number of imide groups is 1. The van der Waals surface area contributed by atoms with E-state index in [1.807, 2.05) is 13.8 Å². The van der Waals surface area contributed by atoms with Gasteiger partial charge in [0.05, 0.1) is 0 Å². The third kappa shape index (κ3) is 5.63. The largest absolute Gasteiger partial charge is 0.288 e. The highest BCUT2D eigenvalue weighted by Gasteiger charge is 2.19. The molecule has 1 unspecified atom stereocenters. The third-order valence-electron chi connectivity index (χ3n) is 4.31. The summed E-state index contributed by atoms with van der Waals surface area (Å²) in [5, 5.41) is 2.94. The molecule has 0 radical (unpaired) electrons. The minimum atomic E-state index is -0.578. The topological polar surface area (TPSA) is 46.2 Å². The first-order valence-electron chi connectivity index (χ1n) is 8.59. The quantitative estimate of drug-likeness (QED) is 0.544. The van der Waals surface area contributed by atoms with Crippen molar-refractivity contribution in [2.75, 3.05) is 0 Å². The third-order valence-corrected chi connectivity index (χ3v) is 4.56. The number of halogens is 2. The molecular weight excluding hydrogens is 365 g/mol. The maximum absolute atomic E-state index is 13.3. The van der Waals surface area contributed by atoms with Crippen LogP contribution in [0.25, 0.3) is 11.6 Å². The van der Waals surface area contributed by atoms with Gasteiger partial charge in [0.25, 0.3) is 11.8 Å². The molecule has 0 saturated heterocycles.